The lowest BCUT2D eigenvalue weighted by molar-refractivity contribution is 0.447. The molecule has 20 heavy (non-hydrogen) atoms. The fraction of sp³-hybridized carbons (Fsp3) is 0.600. The zero-order valence-electron chi connectivity index (χ0n) is 11.9. The second-order valence-corrected chi connectivity index (χ2v) is 5.88. The van der Waals surface area contributed by atoms with Crippen molar-refractivity contribution in [3.63, 3.8) is 0 Å². The summed E-state index contributed by atoms with van der Waals surface area (Å²) in [6.07, 6.45) is 0.978. The molecule has 1 aliphatic rings. The summed E-state index contributed by atoms with van der Waals surface area (Å²) in [5.74, 6) is -2.58. The molecular weight excluding hydrogens is 265 g/mol. The Kier molecular flexibility index (Phi) is 4.91. The van der Waals surface area contributed by atoms with Gasteiger partial charge in [-0.25, -0.2) is 13.2 Å². The highest BCUT2D eigenvalue weighted by molar-refractivity contribution is 5.48. The maximum Gasteiger partial charge on any atom is 0.194 e. The summed E-state index contributed by atoms with van der Waals surface area (Å²) in [4.78, 5) is 1.91. The highest BCUT2D eigenvalue weighted by Crippen LogP contribution is 2.26. The van der Waals surface area contributed by atoms with Crippen LogP contribution in [0.3, 0.4) is 0 Å². The zero-order chi connectivity index (χ0) is 14.7. The predicted molar refractivity (Wildman–Crippen MR) is 74.3 cm³/mol. The Morgan fingerprint density at radius 3 is 2.50 bits per heavy atom. The van der Waals surface area contributed by atoms with Crippen molar-refractivity contribution in [3.8, 4) is 0 Å². The molecular formula is C15H21F3N2. The predicted octanol–water partition coefficient (Wildman–Crippen LogP) is 3.18. The van der Waals surface area contributed by atoms with Gasteiger partial charge in [0.2, 0.25) is 0 Å². The Morgan fingerprint density at radius 1 is 1.25 bits per heavy atom. The first-order valence-corrected chi connectivity index (χ1v) is 7.07. The highest BCUT2D eigenvalue weighted by Gasteiger charge is 2.24. The molecule has 0 bridgehead atoms. The number of hydrogen-bond donors (Lipinski definition) is 1. The second-order valence-electron chi connectivity index (χ2n) is 5.88. The van der Waals surface area contributed by atoms with Gasteiger partial charge in [0, 0.05) is 30.9 Å². The number of nitrogens with one attached hydrogen (secondary N) is 1. The quantitative estimate of drug-likeness (QED) is 0.836. The number of benzene rings is 1. The summed E-state index contributed by atoms with van der Waals surface area (Å²) in [7, 11) is 0. The van der Waals surface area contributed by atoms with Gasteiger partial charge in [-0.05, 0) is 31.3 Å². The fourth-order valence-electron chi connectivity index (χ4n) is 2.53. The molecule has 0 saturated carbocycles. The smallest absolute Gasteiger partial charge is 0.194 e. The third-order valence-electron chi connectivity index (χ3n) is 3.61. The minimum absolute atomic E-state index is 0.424. The molecule has 0 amide bonds. The van der Waals surface area contributed by atoms with Crippen LogP contribution in [0.5, 0.6) is 0 Å². The van der Waals surface area contributed by atoms with Crippen molar-refractivity contribution in [3.05, 3.63) is 29.6 Å². The van der Waals surface area contributed by atoms with Crippen LogP contribution in [0.25, 0.3) is 0 Å². The van der Waals surface area contributed by atoms with Gasteiger partial charge >= 0.3 is 0 Å². The molecule has 1 fully saturated rings. The molecule has 2 nitrogen and oxygen atoms in total. The van der Waals surface area contributed by atoms with E-state index in [0.717, 1.165) is 44.7 Å². The summed E-state index contributed by atoms with van der Waals surface area (Å²) in [6.45, 7) is 7.67. The molecule has 1 heterocycles. The van der Waals surface area contributed by atoms with Crippen LogP contribution in [0.15, 0.2) is 12.1 Å². The lowest BCUT2D eigenvalue weighted by Gasteiger charge is -2.19. The van der Waals surface area contributed by atoms with Crippen LogP contribution < -0.4 is 10.2 Å². The molecule has 1 aliphatic heterocycles. The van der Waals surface area contributed by atoms with E-state index in [1.165, 1.54) is 0 Å². The van der Waals surface area contributed by atoms with Crippen LogP contribution in [0.4, 0.5) is 18.9 Å². The third-order valence-corrected chi connectivity index (χ3v) is 3.61. The van der Waals surface area contributed by atoms with Gasteiger partial charge in [0.15, 0.2) is 17.5 Å². The van der Waals surface area contributed by atoms with E-state index < -0.39 is 17.5 Å². The lowest BCUT2D eigenvalue weighted by atomic mass is 10.1. The molecule has 0 aliphatic carbocycles. The van der Waals surface area contributed by atoms with Gasteiger partial charge in [-0.2, -0.15) is 0 Å². The zero-order valence-corrected chi connectivity index (χ0v) is 11.9. The molecule has 1 saturated heterocycles. The van der Waals surface area contributed by atoms with Crippen molar-refractivity contribution in [1.82, 2.24) is 5.32 Å². The summed E-state index contributed by atoms with van der Waals surface area (Å²) < 4.78 is 39.4. The van der Waals surface area contributed by atoms with E-state index in [1.807, 2.05) is 4.90 Å². The van der Waals surface area contributed by atoms with Crippen molar-refractivity contribution < 1.29 is 13.2 Å². The van der Waals surface area contributed by atoms with E-state index in [0.29, 0.717) is 17.5 Å². The van der Waals surface area contributed by atoms with Gasteiger partial charge in [-0.1, -0.05) is 13.8 Å². The van der Waals surface area contributed by atoms with Gasteiger partial charge in [0.1, 0.15) is 0 Å². The van der Waals surface area contributed by atoms with Gasteiger partial charge in [-0.3, -0.25) is 0 Å². The minimum Gasteiger partial charge on any atom is -0.371 e. The monoisotopic (exact) mass is 286 g/mol. The maximum absolute atomic E-state index is 13.2. The summed E-state index contributed by atoms with van der Waals surface area (Å²) in [5, 5.41) is 3.40. The number of halogens is 3. The number of anilines is 1. The topological polar surface area (TPSA) is 15.3 Å². The number of hydrogen-bond acceptors (Lipinski definition) is 2. The first kappa shape index (κ1) is 15.2. The Hall–Kier alpha value is -1.23. The SMILES string of the molecule is CC(C)CNCC1CCN(c2cc(F)c(F)c(F)c2)C1. The molecule has 1 aromatic rings. The van der Waals surface area contributed by atoms with Gasteiger partial charge in [0.05, 0.1) is 0 Å². The van der Waals surface area contributed by atoms with Crippen LogP contribution >= 0.6 is 0 Å². The van der Waals surface area contributed by atoms with Crippen LogP contribution in [0, 0.1) is 29.3 Å². The molecule has 5 heteroatoms. The van der Waals surface area contributed by atoms with E-state index in [1.54, 1.807) is 0 Å². The van der Waals surface area contributed by atoms with Crippen molar-refractivity contribution in [2.45, 2.75) is 20.3 Å². The first-order chi connectivity index (χ1) is 9.47. The fourth-order valence-corrected chi connectivity index (χ4v) is 2.53. The van der Waals surface area contributed by atoms with Gasteiger partial charge < -0.3 is 10.2 Å². The summed E-state index contributed by atoms with van der Waals surface area (Å²) in [5.41, 5.74) is 0.424. The van der Waals surface area contributed by atoms with Crippen LogP contribution in [-0.2, 0) is 0 Å². The second kappa shape index (κ2) is 6.48. The van der Waals surface area contributed by atoms with Crippen molar-refractivity contribution in [1.29, 1.82) is 0 Å². The molecule has 1 atom stereocenters. The largest absolute Gasteiger partial charge is 0.371 e. The summed E-state index contributed by atoms with van der Waals surface area (Å²) in [6, 6.07) is 2.14. The molecule has 1 aromatic carbocycles. The lowest BCUT2D eigenvalue weighted by Crippen LogP contribution is -2.28. The van der Waals surface area contributed by atoms with Crippen molar-refractivity contribution in [2.75, 3.05) is 31.1 Å². The Labute approximate surface area is 118 Å². The van der Waals surface area contributed by atoms with E-state index in [2.05, 4.69) is 19.2 Å². The molecule has 1 unspecified atom stereocenters. The van der Waals surface area contributed by atoms with Crippen LogP contribution in [0.2, 0.25) is 0 Å². The van der Waals surface area contributed by atoms with E-state index >= 15 is 0 Å². The Bertz CT molecular complexity index is 439. The average molecular weight is 286 g/mol. The third kappa shape index (κ3) is 3.66. The van der Waals surface area contributed by atoms with E-state index in [9.17, 15) is 13.2 Å². The summed E-state index contributed by atoms with van der Waals surface area (Å²) >= 11 is 0. The van der Waals surface area contributed by atoms with Crippen molar-refractivity contribution in [2.24, 2.45) is 11.8 Å². The van der Waals surface area contributed by atoms with E-state index in [4.69, 9.17) is 0 Å². The van der Waals surface area contributed by atoms with Gasteiger partial charge in [0.25, 0.3) is 0 Å². The Morgan fingerprint density at radius 2 is 1.90 bits per heavy atom. The van der Waals surface area contributed by atoms with E-state index in [-0.39, 0.29) is 0 Å². The van der Waals surface area contributed by atoms with Gasteiger partial charge in [-0.15, -0.1) is 0 Å². The number of nitrogens with zero attached hydrogens (tertiary/aromatic N) is 1. The molecule has 0 spiro atoms. The molecule has 1 N–H and O–H groups in total. The highest BCUT2D eigenvalue weighted by atomic mass is 19.2. The number of rotatable bonds is 5. The maximum atomic E-state index is 13.2. The molecule has 2 rings (SSSR count). The standard InChI is InChI=1S/C15H21F3N2/c1-10(2)7-19-8-11-3-4-20(9-11)12-5-13(16)15(18)14(17)6-12/h5-6,10-11,19H,3-4,7-9H2,1-2H3. The van der Waals surface area contributed by atoms with Crippen LogP contribution in [-0.4, -0.2) is 26.2 Å². The normalized spacial score (nSPS) is 19.1. The average Bonchev–Trinajstić information content (AvgIpc) is 2.83. The molecule has 0 radical (unpaired) electrons. The minimum atomic E-state index is -1.40. The molecule has 0 aromatic heterocycles. The van der Waals surface area contributed by atoms with Crippen molar-refractivity contribution >= 4 is 5.69 Å². The Balaban J connectivity index is 1.92. The molecule has 112 valence electrons. The first-order valence-electron chi connectivity index (χ1n) is 7.07. The van der Waals surface area contributed by atoms with Crippen LogP contribution in [0.1, 0.15) is 20.3 Å².